The van der Waals surface area contributed by atoms with Crippen molar-refractivity contribution in [2.24, 2.45) is 0 Å². The number of fused-ring (bicyclic) bond motifs is 1. The van der Waals surface area contributed by atoms with Gasteiger partial charge in [-0.05, 0) is 37.4 Å². The topological polar surface area (TPSA) is 47.9 Å². The van der Waals surface area contributed by atoms with Crippen molar-refractivity contribution in [3.05, 3.63) is 33.9 Å². The van der Waals surface area contributed by atoms with Crippen LogP contribution in [0, 0.1) is 6.92 Å². The molecular formula is C20H32O4Si. The average molecular weight is 365 g/mol. The number of hydrogen-bond acceptors (Lipinski definition) is 4. The van der Waals surface area contributed by atoms with E-state index in [4.69, 9.17) is 14.2 Å². The SMILES string of the molecule is COc1c(C)c2c(c(OCC[Si](C)(C)C)c1C/C=C(\C)CO)COC2. The predicted octanol–water partition coefficient (Wildman–Crippen LogP) is 4.23. The van der Waals surface area contributed by atoms with Crippen LogP contribution >= 0.6 is 0 Å². The van der Waals surface area contributed by atoms with E-state index >= 15 is 0 Å². The smallest absolute Gasteiger partial charge is 0.132 e. The number of allylic oxidation sites excluding steroid dienone is 1. The Hall–Kier alpha value is -1.30. The first-order chi connectivity index (χ1) is 11.8. The van der Waals surface area contributed by atoms with Gasteiger partial charge >= 0.3 is 0 Å². The van der Waals surface area contributed by atoms with Gasteiger partial charge in [0, 0.05) is 19.2 Å². The molecule has 5 heteroatoms. The molecule has 0 fully saturated rings. The molecule has 0 atom stereocenters. The van der Waals surface area contributed by atoms with Gasteiger partial charge in [0.1, 0.15) is 11.5 Å². The molecule has 25 heavy (non-hydrogen) atoms. The minimum absolute atomic E-state index is 0.0706. The van der Waals surface area contributed by atoms with Crippen molar-refractivity contribution in [3.63, 3.8) is 0 Å². The van der Waals surface area contributed by atoms with E-state index in [0.717, 1.165) is 40.9 Å². The number of methoxy groups -OCH3 is 1. The van der Waals surface area contributed by atoms with Gasteiger partial charge in [0.15, 0.2) is 0 Å². The van der Waals surface area contributed by atoms with E-state index in [1.807, 2.05) is 13.0 Å². The summed E-state index contributed by atoms with van der Waals surface area (Å²) in [4.78, 5) is 0. The van der Waals surface area contributed by atoms with Crippen molar-refractivity contribution < 1.29 is 19.3 Å². The summed E-state index contributed by atoms with van der Waals surface area (Å²) < 4.78 is 17.7. The summed E-state index contributed by atoms with van der Waals surface area (Å²) in [5, 5.41) is 9.30. The monoisotopic (exact) mass is 364 g/mol. The van der Waals surface area contributed by atoms with Crippen molar-refractivity contribution in [2.75, 3.05) is 20.3 Å². The normalized spacial score (nSPS) is 14.6. The Morgan fingerprint density at radius 1 is 1.20 bits per heavy atom. The van der Waals surface area contributed by atoms with Gasteiger partial charge in [-0.25, -0.2) is 0 Å². The molecule has 0 bridgehead atoms. The molecule has 1 aromatic rings. The van der Waals surface area contributed by atoms with Crippen LogP contribution in [0.25, 0.3) is 0 Å². The van der Waals surface area contributed by atoms with Crippen molar-refractivity contribution in [1.82, 2.24) is 0 Å². The molecule has 0 saturated carbocycles. The van der Waals surface area contributed by atoms with Crippen molar-refractivity contribution in [1.29, 1.82) is 0 Å². The van der Waals surface area contributed by atoms with Crippen LogP contribution in [0.4, 0.5) is 0 Å². The number of benzene rings is 1. The zero-order valence-corrected chi connectivity index (χ0v) is 17.5. The van der Waals surface area contributed by atoms with E-state index in [-0.39, 0.29) is 6.61 Å². The number of aliphatic hydroxyl groups excluding tert-OH is 1. The fourth-order valence-corrected chi connectivity index (χ4v) is 3.77. The van der Waals surface area contributed by atoms with E-state index < -0.39 is 8.07 Å². The Kier molecular flexibility index (Phi) is 6.71. The van der Waals surface area contributed by atoms with Gasteiger partial charge in [-0.15, -0.1) is 0 Å². The van der Waals surface area contributed by atoms with Crippen molar-refractivity contribution in [2.45, 2.75) is 59.2 Å². The van der Waals surface area contributed by atoms with Crippen LogP contribution in [0.3, 0.4) is 0 Å². The molecule has 1 N–H and O–H groups in total. The number of hydrogen-bond donors (Lipinski definition) is 1. The standard InChI is InChI=1S/C20H32O4Si/c1-14(11-21)7-8-16-19(22-3)15(2)17-12-23-13-18(17)20(16)24-9-10-25(4,5)6/h7,21H,8-13H2,1-6H3/b14-7+. The summed E-state index contributed by atoms with van der Waals surface area (Å²) in [6.07, 6.45) is 2.73. The van der Waals surface area contributed by atoms with Gasteiger partial charge in [0.25, 0.3) is 0 Å². The largest absolute Gasteiger partial charge is 0.496 e. The first kappa shape index (κ1) is 20.0. The highest BCUT2D eigenvalue weighted by molar-refractivity contribution is 6.76. The van der Waals surface area contributed by atoms with Crippen LogP contribution in [-0.4, -0.2) is 33.5 Å². The highest BCUT2D eigenvalue weighted by Crippen LogP contribution is 2.43. The molecule has 0 saturated heterocycles. The van der Waals surface area contributed by atoms with Crippen LogP contribution < -0.4 is 9.47 Å². The quantitative estimate of drug-likeness (QED) is 0.554. The van der Waals surface area contributed by atoms with E-state index in [1.165, 1.54) is 11.1 Å². The van der Waals surface area contributed by atoms with Crippen molar-refractivity contribution >= 4 is 8.07 Å². The molecule has 1 aliphatic rings. The number of rotatable bonds is 8. The lowest BCUT2D eigenvalue weighted by atomic mass is 9.95. The molecule has 0 unspecified atom stereocenters. The Morgan fingerprint density at radius 3 is 2.48 bits per heavy atom. The van der Waals surface area contributed by atoms with Crippen molar-refractivity contribution in [3.8, 4) is 11.5 Å². The summed E-state index contributed by atoms with van der Waals surface area (Å²) >= 11 is 0. The maximum atomic E-state index is 9.30. The molecule has 0 spiro atoms. The first-order valence-corrected chi connectivity index (χ1v) is 12.7. The second-order valence-electron chi connectivity index (χ2n) is 7.99. The lowest BCUT2D eigenvalue weighted by molar-refractivity contribution is 0.133. The summed E-state index contributed by atoms with van der Waals surface area (Å²) in [5.74, 6) is 1.81. The Morgan fingerprint density at radius 2 is 1.88 bits per heavy atom. The van der Waals surface area contributed by atoms with Gasteiger partial charge in [-0.3, -0.25) is 0 Å². The van der Waals surface area contributed by atoms with Crippen LogP contribution in [0.5, 0.6) is 11.5 Å². The number of ether oxygens (including phenoxy) is 3. The highest BCUT2D eigenvalue weighted by atomic mass is 28.3. The molecule has 0 aromatic heterocycles. The molecule has 4 nitrogen and oxygen atoms in total. The van der Waals surface area contributed by atoms with Crippen LogP contribution in [-0.2, 0) is 24.4 Å². The zero-order valence-electron chi connectivity index (χ0n) is 16.5. The predicted molar refractivity (Wildman–Crippen MR) is 104 cm³/mol. The summed E-state index contributed by atoms with van der Waals surface area (Å²) in [7, 11) is 0.549. The summed E-state index contributed by atoms with van der Waals surface area (Å²) in [6, 6.07) is 1.11. The molecule has 0 aliphatic carbocycles. The van der Waals surface area contributed by atoms with Gasteiger partial charge in [0.2, 0.25) is 0 Å². The minimum Gasteiger partial charge on any atom is -0.496 e. The van der Waals surface area contributed by atoms with Gasteiger partial charge < -0.3 is 19.3 Å². The Bertz CT molecular complexity index is 644. The highest BCUT2D eigenvalue weighted by Gasteiger charge is 2.27. The average Bonchev–Trinajstić information content (AvgIpc) is 3.03. The lowest BCUT2D eigenvalue weighted by Gasteiger charge is -2.22. The Balaban J connectivity index is 2.44. The Labute approximate surface area is 152 Å². The van der Waals surface area contributed by atoms with Crippen LogP contribution in [0.15, 0.2) is 11.6 Å². The van der Waals surface area contributed by atoms with Gasteiger partial charge in [-0.1, -0.05) is 31.3 Å². The summed E-state index contributed by atoms with van der Waals surface area (Å²) in [5.41, 5.74) is 5.51. The molecule has 1 aliphatic heterocycles. The second-order valence-corrected chi connectivity index (χ2v) is 13.6. The van der Waals surface area contributed by atoms with E-state index in [1.54, 1.807) is 7.11 Å². The minimum atomic E-state index is -1.16. The van der Waals surface area contributed by atoms with E-state index in [9.17, 15) is 5.11 Å². The third-order valence-corrected chi connectivity index (χ3v) is 6.38. The molecular weight excluding hydrogens is 332 g/mol. The second kappa shape index (κ2) is 8.38. The molecule has 2 rings (SSSR count). The molecule has 140 valence electrons. The third-order valence-electron chi connectivity index (χ3n) is 4.68. The lowest BCUT2D eigenvalue weighted by Crippen LogP contribution is -2.23. The third kappa shape index (κ3) is 4.87. The van der Waals surface area contributed by atoms with Crippen LogP contribution in [0.2, 0.25) is 25.7 Å². The number of aliphatic hydroxyl groups is 1. The maximum Gasteiger partial charge on any atom is 0.132 e. The summed E-state index contributed by atoms with van der Waals surface area (Å²) in [6.45, 7) is 13.1. The molecule has 1 heterocycles. The molecule has 0 amide bonds. The van der Waals surface area contributed by atoms with Crippen LogP contribution in [0.1, 0.15) is 29.2 Å². The zero-order chi connectivity index (χ0) is 18.6. The van der Waals surface area contributed by atoms with E-state index in [2.05, 4.69) is 26.6 Å². The first-order valence-electron chi connectivity index (χ1n) is 8.96. The fourth-order valence-electron chi connectivity index (χ4n) is 3.05. The molecule has 1 aromatic carbocycles. The van der Waals surface area contributed by atoms with Gasteiger partial charge in [-0.2, -0.15) is 0 Å². The fraction of sp³-hybridized carbons (Fsp3) is 0.600. The maximum absolute atomic E-state index is 9.30. The van der Waals surface area contributed by atoms with Gasteiger partial charge in [0.05, 0.1) is 33.5 Å². The van der Waals surface area contributed by atoms with E-state index in [0.29, 0.717) is 19.6 Å². The molecule has 0 radical (unpaired) electrons.